The number of hydrogen-bond donors (Lipinski definition) is 1. The van der Waals surface area contributed by atoms with E-state index in [4.69, 9.17) is 14.9 Å². The third-order valence-corrected chi connectivity index (χ3v) is 2.60. The largest absolute Gasteiger partial charge is 0.478 e. The number of benzene rings is 1. The van der Waals surface area contributed by atoms with E-state index < -0.39 is 5.97 Å². The van der Waals surface area contributed by atoms with Gasteiger partial charge in [-0.1, -0.05) is 44.7 Å². The number of carbonyl (C=O) groups is 1. The summed E-state index contributed by atoms with van der Waals surface area (Å²) in [5, 5.41) is 8.93. The van der Waals surface area contributed by atoms with E-state index in [1.165, 1.54) is 25.3 Å². The van der Waals surface area contributed by atoms with Gasteiger partial charge in [0.2, 0.25) is 0 Å². The van der Waals surface area contributed by atoms with Crippen molar-refractivity contribution in [3.63, 3.8) is 0 Å². The molecule has 100 valence electrons. The number of hydrogen-bond acceptors (Lipinski definition) is 3. The summed E-state index contributed by atoms with van der Waals surface area (Å²) in [6, 6.07) is 6.44. The molecule has 1 rings (SSSR count). The first-order chi connectivity index (χ1) is 8.75. The number of para-hydroxylation sites is 1. The summed E-state index contributed by atoms with van der Waals surface area (Å²) in [5.41, 5.74) is 0.114. The van der Waals surface area contributed by atoms with E-state index in [2.05, 4.69) is 6.92 Å². The second-order valence-electron chi connectivity index (χ2n) is 4.12. The Morgan fingerprint density at radius 1 is 1.17 bits per heavy atom. The molecule has 4 heteroatoms. The third-order valence-electron chi connectivity index (χ3n) is 2.60. The first-order valence-electron chi connectivity index (χ1n) is 6.37. The monoisotopic (exact) mass is 252 g/mol. The molecule has 0 atom stereocenters. The normalized spacial score (nSPS) is 10.3. The summed E-state index contributed by atoms with van der Waals surface area (Å²) >= 11 is 0. The molecule has 0 amide bonds. The lowest BCUT2D eigenvalue weighted by Crippen LogP contribution is -2.05. The zero-order valence-corrected chi connectivity index (χ0v) is 10.7. The van der Waals surface area contributed by atoms with Crippen molar-refractivity contribution in [2.24, 2.45) is 0 Å². The van der Waals surface area contributed by atoms with Gasteiger partial charge in [0.25, 0.3) is 0 Å². The molecule has 18 heavy (non-hydrogen) atoms. The second-order valence-corrected chi connectivity index (χ2v) is 4.12. The van der Waals surface area contributed by atoms with Crippen LogP contribution in [0.3, 0.4) is 0 Å². The molecule has 0 saturated heterocycles. The van der Waals surface area contributed by atoms with Crippen LogP contribution in [0.15, 0.2) is 24.3 Å². The van der Waals surface area contributed by atoms with Gasteiger partial charge < -0.3 is 9.99 Å². The van der Waals surface area contributed by atoms with Gasteiger partial charge in [-0.25, -0.2) is 4.79 Å². The molecular formula is C14H20O4. The maximum Gasteiger partial charge on any atom is 0.339 e. The van der Waals surface area contributed by atoms with E-state index in [9.17, 15) is 4.79 Å². The molecule has 1 N–H and O–H groups in total. The van der Waals surface area contributed by atoms with Crippen LogP contribution in [0.5, 0.6) is 5.75 Å². The maximum atomic E-state index is 10.9. The number of rotatable bonds is 9. The summed E-state index contributed by atoms with van der Waals surface area (Å²) < 4.78 is 0. The molecular weight excluding hydrogens is 232 g/mol. The fraction of sp³-hybridized carbons (Fsp3) is 0.500. The molecule has 0 unspecified atom stereocenters. The molecule has 1 aromatic carbocycles. The number of carboxylic acid groups (broad SMARTS) is 1. The van der Waals surface area contributed by atoms with Crippen LogP contribution in [0.25, 0.3) is 0 Å². The highest BCUT2D eigenvalue weighted by Crippen LogP contribution is 2.18. The molecule has 1 aromatic rings. The zero-order chi connectivity index (χ0) is 13.2. The Balaban J connectivity index is 2.25. The minimum Gasteiger partial charge on any atom is -0.478 e. The van der Waals surface area contributed by atoms with Gasteiger partial charge in [-0.2, -0.15) is 4.89 Å². The third kappa shape index (κ3) is 5.19. The van der Waals surface area contributed by atoms with Gasteiger partial charge in [-0.3, -0.25) is 0 Å². The molecule has 0 aromatic heterocycles. The Morgan fingerprint density at radius 2 is 1.89 bits per heavy atom. The molecule has 0 aliphatic heterocycles. The number of unbranched alkanes of at least 4 members (excludes halogenated alkanes) is 4. The lowest BCUT2D eigenvalue weighted by atomic mass is 10.2. The topological polar surface area (TPSA) is 55.8 Å². The first-order valence-corrected chi connectivity index (χ1v) is 6.37. The van der Waals surface area contributed by atoms with E-state index in [1.54, 1.807) is 18.2 Å². The van der Waals surface area contributed by atoms with Crippen molar-refractivity contribution in [3.05, 3.63) is 29.8 Å². The van der Waals surface area contributed by atoms with Crippen molar-refractivity contribution in [2.75, 3.05) is 6.61 Å². The first kappa shape index (κ1) is 14.5. The van der Waals surface area contributed by atoms with E-state index in [0.29, 0.717) is 6.61 Å². The number of aromatic carboxylic acids is 1. The van der Waals surface area contributed by atoms with Crippen molar-refractivity contribution in [1.29, 1.82) is 0 Å². The smallest absolute Gasteiger partial charge is 0.339 e. The van der Waals surface area contributed by atoms with Gasteiger partial charge in [-0.05, 0) is 18.6 Å². The molecule has 0 radical (unpaired) electrons. The van der Waals surface area contributed by atoms with Crippen molar-refractivity contribution in [1.82, 2.24) is 0 Å². The van der Waals surface area contributed by atoms with Gasteiger partial charge >= 0.3 is 5.97 Å². The number of carboxylic acids is 1. The van der Waals surface area contributed by atoms with Crippen LogP contribution in [0.4, 0.5) is 0 Å². The predicted octanol–water partition coefficient (Wildman–Crippen LogP) is 3.67. The summed E-state index contributed by atoms with van der Waals surface area (Å²) in [5.74, 6) is -0.768. The van der Waals surface area contributed by atoms with Crippen molar-refractivity contribution in [2.45, 2.75) is 39.0 Å². The van der Waals surface area contributed by atoms with Crippen LogP contribution in [0.1, 0.15) is 49.4 Å². The molecule has 0 spiro atoms. The van der Waals surface area contributed by atoms with Crippen LogP contribution in [-0.2, 0) is 4.89 Å². The average molecular weight is 252 g/mol. The van der Waals surface area contributed by atoms with Crippen LogP contribution in [-0.4, -0.2) is 17.7 Å². The molecule has 0 aliphatic carbocycles. The fourth-order valence-electron chi connectivity index (χ4n) is 1.59. The molecule has 0 saturated carbocycles. The lowest BCUT2D eigenvalue weighted by Gasteiger charge is -2.07. The predicted molar refractivity (Wildman–Crippen MR) is 68.7 cm³/mol. The zero-order valence-electron chi connectivity index (χ0n) is 10.7. The Morgan fingerprint density at radius 3 is 2.61 bits per heavy atom. The minimum atomic E-state index is -1.02. The van der Waals surface area contributed by atoms with Gasteiger partial charge in [-0.15, -0.1) is 0 Å². The fourth-order valence-corrected chi connectivity index (χ4v) is 1.59. The van der Waals surface area contributed by atoms with E-state index >= 15 is 0 Å². The van der Waals surface area contributed by atoms with E-state index in [0.717, 1.165) is 12.8 Å². The van der Waals surface area contributed by atoms with Crippen molar-refractivity contribution >= 4 is 5.97 Å². The quantitative estimate of drug-likeness (QED) is 0.414. The minimum absolute atomic E-state index is 0.114. The Bertz CT molecular complexity index is 363. The van der Waals surface area contributed by atoms with Crippen LogP contribution in [0, 0.1) is 0 Å². The lowest BCUT2D eigenvalue weighted by molar-refractivity contribution is -0.207. The highest BCUT2D eigenvalue weighted by atomic mass is 17.2. The standard InChI is InChI=1S/C14H20O4/c1-2-3-4-5-8-11-17-18-13-10-7-6-9-12(13)14(15)16/h6-7,9-10H,2-5,8,11H2,1H3,(H,15,16). The summed E-state index contributed by atoms with van der Waals surface area (Å²) in [6.45, 7) is 2.65. The summed E-state index contributed by atoms with van der Waals surface area (Å²) in [6.07, 6.45) is 5.69. The Labute approximate surface area is 107 Å². The molecule has 0 aliphatic rings. The average Bonchev–Trinajstić information content (AvgIpc) is 2.38. The highest BCUT2D eigenvalue weighted by Gasteiger charge is 2.10. The van der Waals surface area contributed by atoms with E-state index in [1.807, 2.05) is 0 Å². The van der Waals surface area contributed by atoms with Gasteiger partial charge in [0.05, 0.1) is 6.61 Å². The van der Waals surface area contributed by atoms with Gasteiger partial charge in [0.15, 0.2) is 5.75 Å². The van der Waals surface area contributed by atoms with Crippen molar-refractivity contribution in [3.8, 4) is 5.75 Å². The van der Waals surface area contributed by atoms with Gasteiger partial charge in [0.1, 0.15) is 5.56 Å². The van der Waals surface area contributed by atoms with Crippen molar-refractivity contribution < 1.29 is 19.7 Å². The second kappa shape index (κ2) is 8.53. The summed E-state index contributed by atoms with van der Waals surface area (Å²) in [7, 11) is 0. The Hall–Kier alpha value is -1.55. The van der Waals surface area contributed by atoms with E-state index in [-0.39, 0.29) is 11.3 Å². The maximum absolute atomic E-state index is 10.9. The highest BCUT2D eigenvalue weighted by molar-refractivity contribution is 5.90. The summed E-state index contributed by atoms with van der Waals surface area (Å²) in [4.78, 5) is 20.9. The molecule has 0 bridgehead atoms. The molecule has 0 heterocycles. The van der Waals surface area contributed by atoms with Crippen LogP contribution < -0.4 is 4.89 Å². The van der Waals surface area contributed by atoms with Crippen LogP contribution in [0.2, 0.25) is 0 Å². The molecule has 4 nitrogen and oxygen atoms in total. The Kier molecular flexibility index (Phi) is 6.87. The van der Waals surface area contributed by atoms with Gasteiger partial charge in [0, 0.05) is 0 Å². The molecule has 0 fully saturated rings. The van der Waals surface area contributed by atoms with Crippen LogP contribution >= 0.6 is 0 Å². The SMILES string of the molecule is CCCCCCCOOc1ccccc1C(=O)O.